The lowest BCUT2D eigenvalue weighted by Crippen LogP contribution is -2.11. The molecule has 55 heavy (non-hydrogen) atoms. The van der Waals surface area contributed by atoms with E-state index < -0.39 is 0 Å². The zero-order valence-corrected chi connectivity index (χ0v) is 30.3. The van der Waals surface area contributed by atoms with Gasteiger partial charge >= 0.3 is 0 Å². The SMILES string of the molecule is c1ccc(-c2ccc(N(c3ccc(-c4ccccc4)c(-c4ccc(-c5cccc6ccccc56)cc4)c3)c3cc4ccccc4c4ccccc34)cc2)cc1. The van der Waals surface area contributed by atoms with Gasteiger partial charge in [0.15, 0.2) is 0 Å². The summed E-state index contributed by atoms with van der Waals surface area (Å²) in [6.45, 7) is 0. The fourth-order valence-corrected chi connectivity index (χ4v) is 8.17. The highest BCUT2D eigenvalue weighted by Gasteiger charge is 2.20. The van der Waals surface area contributed by atoms with Gasteiger partial charge in [0.25, 0.3) is 0 Å². The van der Waals surface area contributed by atoms with Crippen LogP contribution in [0.1, 0.15) is 0 Å². The third-order valence-corrected chi connectivity index (χ3v) is 10.9. The standard InChI is InChI=1S/C54H37N/c1-3-14-38(15-4-1)39-30-32-45(33-31-39)55(54-36-44-19-8-10-22-49(44)51-23-11-12-24-52(51)54)46-34-35-50(40-16-5-2-6-17-40)53(37-46)43-28-26-42(27-29-43)48-25-13-20-41-18-7-9-21-47(41)48/h1-37H. The molecular formula is C54H37N. The van der Waals surface area contributed by atoms with E-state index in [0.717, 1.165) is 17.1 Å². The predicted octanol–water partition coefficient (Wildman–Crippen LogP) is 15.3. The molecule has 0 unspecified atom stereocenters. The van der Waals surface area contributed by atoms with Gasteiger partial charge in [-0.25, -0.2) is 0 Å². The molecule has 10 aromatic carbocycles. The first-order chi connectivity index (χ1) is 27.3. The maximum Gasteiger partial charge on any atom is 0.0546 e. The van der Waals surface area contributed by atoms with E-state index in [1.807, 2.05) is 0 Å². The first-order valence-corrected chi connectivity index (χ1v) is 18.9. The van der Waals surface area contributed by atoms with Crippen LogP contribution in [0.2, 0.25) is 0 Å². The average molecular weight is 700 g/mol. The van der Waals surface area contributed by atoms with E-state index in [1.54, 1.807) is 0 Å². The largest absolute Gasteiger partial charge is 0.310 e. The van der Waals surface area contributed by atoms with Crippen LogP contribution in [0.5, 0.6) is 0 Å². The normalized spacial score (nSPS) is 11.3. The van der Waals surface area contributed by atoms with Gasteiger partial charge in [-0.2, -0.15) is 0 Å². The minimum Gasteiger partial charge on any atom is -0.310 e. The first kappa shape index (κ1) is 32.4. The van der Waals surface area contributed by atoms with Crippen LogP contribution in [0.3, 0.4) is 0 Å². The molecular weight excluding hydrogens is 663 g/mol. The Morgan fingerprint density at radius 1 is 0.236 bits per heavy atom. The van der Waals surface area contributed by atoms with Crippen molar-refractivity contribution >= 4 is 49.4 Å². The molecule has 0 N–H and O–H groups in total. The van der Waals surface area contributed by atoms with Gasteiger partial charge in [-0.1, -0.05) is 194 Å². The lowest BCUT2D eigenvalue weighted by molar-refractivity contribution is 1.30. The second kappa shape index (κ2) is 14.0. The van der Waals surface area contributed by atoms with Gasteiger partial charge in [-0.3, -0.25) is 0 Å². The van der Waals surface area contributed by atoms with Gasteiger partial charge in [0.2, 0.25) is 0 Å². The van der Waals surface area contributed by atoms with Crippen LogP contribution in [-0.4, -0.2) is 0 Å². The Morgan fingerprint density at radius 3 is 1.45 bits per heavy atom. The molecule has 0 atom stereocenters. The summed E-state index contributed by atoms with van der Waals surface area (Å²) in [6.07, 6.45) is 0. The quantitative estimate of drug-likeness (QED) is 0.150. The van der Waals surface area contributed by atoms with Crippen LogP contribution in [0.4, 0.5) is 17.1 Å². The summed E-state index contributed by atoms with van der Waals surface area (Å²) in [5.74, 6) is 0. The van der Waals surface area contributed by atoms with Crippen LogP contribution in [-0.2, 0) is 0 Å². The second-order valence-electron chi connectivity index (χ2n) is 14.1. The topological polar surface area (TPSA) is 3.24 Å². The molecule has 1 nitrogen and oxygen atoms in total. The van der Waals surface area contributed by atoms with E-state index >= 15 is 0 Å². The highest BCUT2D eigenvalue weighted by atomic mass is 15.1. The summed E-state index contributed by atoms with van der Waals surface area (Å²) in [5.41, 5.74) is 12.9. The van der Waals surface area contributed by atoms with E-state index in [2.05, 4.69) is 229 Å². The molecule has 0 aromatic heterocycles. The number of hydrogen-bond donors (Lipinski definition) is 0. The van der Waals surface area contributed by atoms with Crippen molar-refractivity contribution in [3.63, 3.8) is 0 Å². The molecule has 0 saturated heterocycles. The van der Waals surface area contributed by atoms with Crippen molar-refractivity contribution in [2.75, 3.05) is 4.90 Å². The maximum absolute atomic E-state index is 2.44. The van der Waals surface area contributed by atoms with Gasteiger partial charge in [-0.05, 0) is 102 Å². The van der Waals surface area contributed by atoms with Crippen molar-refractivity contribution in [1.29, 1.82) is 0 Å². The number of fused-ring (bicyclic) bond motifs is 4. The molecule has 258 valence electrons. The van der Waals surface area contributed by atoms with Gasteiger partial charge in [0.1, 0.15) is 0 Å². The minimum atomic E-state index is 1.10. The van der Waals surface area contributed by atoms with Crippen LogP contribution in [0.15, 0.2) is 224 Å². The monoisotopic (exact) mass is 699 g/mol. The molecule has 0 heterocycles. The number of hydrogen-bond acceptors (Lipinski definition) is 1. The van der Waals surface area contributed by atoms with Crippen molar-refractivity contribution in [1.82, 2.24) is 0 Å². The molecule has 0 spiro atoms. The Hall–Kier alpha value is -7.22. The molecule has 0 bridgehead atoms. The molecule has 0 radical (unpaired) electrons. The molecule has 0 saturated carbocycles. The molecule has 0 fully saturated rings. The lowest BCUT2D eigenvalue weighted by atomic mass is 9.91. The van der Waals surface area contributed by atoms with Crippen LogP contribution >= 0.6 is 0 Å². The summed E-state index contributed by atoms with van der Waals surface area (Å²) in [4.78, 5) is 2.44. The van der Waals surface area contributed by atoms with Crippen molar-refractivity contribution < 1.29 is 0 Å². The lowest BCUT2D eigenvalue weighted by Gasteiger charge is -2.29. The van der Waals surface area contributed by atoms with Crippen molar-refractivity contribution in [2.24, 2.45) is 0 Å². The molecule has 1 heteroatoms. The van der Waals surface area contributed by atoms with E-state index in [1.165, 1.54) is 76.8 Å². The maximum atomic E-state index is 2.44. The molecule has 10 aromatic rings. The summed E-state index contributed by atoms with van der Waals surface area (Å²) in [5, 5.41) is 7.44. The average Bonchev–Trinajstić information content (AvgIpc) is 3.27. The second-order valence-corrected chi connectivity index (χ2v) is 14.1. The van der Waals surface area contributed by atoms with Gasteiger partial charge in [0, 0.05) is 16.8 Å². The van der Waals surface area contributed by atoms with Crippen LogP contribution < -0.4 is 4.90 Å². The number of rotatable bonds is 7. The van der Waals surface area contributed by atoms with Gasteiger partial charge < -0.3 is 4.90 Å². The third kappa shape index (κ3) is 6.02. The van der Waals surface area contributed by atoms with Gasteiger partial charge in [-0.15, -0.1) is 0 Å². The van der Waals surface area contributed by atoms with E-state index in [9.17, 15) is 0 Å². The van der Waals surface area contributed by atoms with Crippen LogP contribution in [0, 0.1) is 0 Å². The van der Waals surface area contributed by atoms with E-state index in [4.69, 9.17) is 0 Å². The van der Waals surface area contributed by atoms with Crippen molar-refractivity contribution in [3.8, 4) is 44.5 Å². The first-order valence-electron chi connectivity index (χ1n) is 18.9. The Morgan fingerprint density at radius 2 is 0.727 bits per heavy atom. The third-order valence-electron chi connectivity index (χ3n) is 10.9. The Labute approximate surface area is 322 Å². The van der Waals surface area contributed by atoms with Gasteiger partial charge in [0.05, 0.1) is 5.69 Å². The molecule has 0 amide bonds. The predicted molar refractivity (Wildman–Crippen MR) is 235 cm³/mol. The fourth-order valence-electron chi connectivity index (χ4n) is 8.17. The number of benzene rings is 10. The smallest absolute Gasteiger partial charge is 0.0546 e. The molecule has 0 aliphatic heterocycles. The van der Waals surface area contributed by atoms with Crippen molar-refractivity contribution in [3.05, 3.63) is 224 Å². The van der Waals surface area contributed by atoms with E-state index in [-0.39, 0.29) is 0 Å². The molecule has 0 aliphatic carbocycles. The summed E-state index contributed by atoms with van der Waals surface area (Å²) < 4.78 is 0. The Balaban J connectivity index is 1.17. The Kier molecular flexibility index (Phi) is 8.24. The highest BCUT2D eigenvalue weighted by molar-refractivity contribution is 6.14. The number of nitrogens with zero attached hydrogens (tertiary/aromatic N) is 1. The van der Waals surface area contributed by atoms with Crippen LogP contribution in [0.25, 0.3) is 76.8 Å². The fraction of sp³-hybridized carbons (Fsp3) is 0. The summed E-state index contributed by atoms with van der Waals surface area (Å²) in [7, 11) is 0. The Bertz CT molecular complexity index is 2940. The zero-order valence-electron chi connectivity index (χ0n) is 30.3. The van der Waals surface area contributed by atoms with E-state index in [0.29, 0.717) is 0 Å². The minimum absolute atomic E-state index is 1.10. The highest BCUT2D eigenvalue weighted by Crippen LogP contribution is 2.45. The number of anilines is 3. The molecule has 0 aliphatic rings. The zero-order chi connectivity index (χ0) is 36.6. The summed E-state index contributed by atoms with van der Waals surface area (Å²) >= 11 is 0. The molecule has 10 rings (SSSR count). The van der Waals surface area contributed by atoms with Crippen molar-refractivity contribution in [2.45, 2.75) is 0 Å². The summed E-state index contributed by atoms with van der Waals surface area (Å²) in [6, 6.07) is 81.5.